The molecule has 18 heavy (non-hydrogen) atoms. The maximum absolute atomic E-state index is 5.95. The molecule has 0 fully saturated rings. The predicted molar refractivity (Wildman–Crippen MR) is 75.6 cm³/mol. The van der Waals surface area contributed by atoms with Crippen molar-refractivity contribution in [3.8, 4) is 0 Å². The Hall–Kier alpha value is -1.47. The number of hydrogen-bond donors (Lipinski definition) is 1. The van der Waals surface area contributed by atoms with Crippen LogP contribution in [0.5, 0.6) is 0 Å². The summed E-state index contributed by atoms with van der Waals surface area (Å²) in [6, 6.07) is 1.91. The van der Waals surface area contributed by atoms with Gasteiger partial charge in [0, 0.05) is 15.5 Å². The zero-order valence-electron chi connectivity index (χ0n) is 9.59. The number of aryl methyl sites for hydroxylation is 1. The molecule has 0 saturated heterocycles. The number of pyridine rings is 1. The molecule has 0 radical (unpaired) electrons. The minimum atomic E-state index is 0.475. The van der Waals surface area contributed by atoms with Gasteiger partial charge < -0.3 is 5.73 Å². The quantitative estimate of drug-likeness (QED) is 0.787. The molecule has 0 spiro atoms. The third-order valence-corrected chi connectivity index (χ3v) is 4.08. The topological polar surface area (TPSA) is 69.6 Å². The Morgan fingerprint density at radius 2 is 2.28 bits per heavy atom. The van der Waals surface area contributed by atoms with Crippen molar-refractivity contribution in [3.63, 3.8) is 0 Å². The summed E-state index contributed by atoms with van der Waals surface area (Å²) in [6.07, 6.45) is 1.75. The first kappa shape index (κ1) is 11.6. The highest BCUT2D eigenvalue weighted by molar-refractivity contribution is 9.10. The third-order valence-electron chi connectivity index (χ3n) is 2.73. The van der Waals surface area contributed by atoms with Gasteiger partial charge in [0.1, 0.15) is 5.52 Å². The highest BCUT2D eigenvalue weighted by Gasteiger charge is 2.12. The minimum absolute atomic E-state index is 0.475. The van der Waals surface area contributed by atoms with E-state index < -0.39 is 0 Å². The van der Waals surface area contributed by atoms with Crippen LogP contribution in [0.1, 0.15) is 10.6 Å². The summed E-state index contributed by atoms with van der Waals surface area (Å²) >= 11 is 4.99. The molecular weight excluding hydrogens is 314 g/mol. The van der Waals surface area contributed by atoms with Crippen LogP contribution in [0.25, 0.3) is 11.2 Å². The minimum Gasteiger partial charge on any atom is -0.369 e. The summed E-state index contributed by atoms with van der Waals surface area (Å²) in [5.74, 6) is 0.475. The van der Waals surface area contributed by atoms with Crippen molar-refractivity contribution in [2.24, 2.45) is 0 Å². The number of nitrogens with zero attached hydrogens (tertiary/aromatic N) is 4. The van der Waals surface area contributed by atoms with E-state index in [0.717, 1.165) is 21.3 Å². The van der Waals surface area contributed by atoms with Crippen molar-refractivity contribution in [1.29, 1.82) is 0 Å². The lowest BCUT2D eigenvalue weighted by Crippen LogP contribution is -2.05. The average molecular weight is 324 g/mol. The Kier molecular flexibility index (Phi) is 2.79. The summed E-state index contributed by atoms with van der Waals surface area (Å²) in [5, 5.41) is 0. The molecule has 0 saturated carbocycles. The van der Waals surface area contributed by atoms with E-state index in [1.165, 1.54) is 4.88 Å². The van der Waals surface area contributed by atoms with Gasteiger partial charge in [-0.3, -0.25) is 4.57 Å². The highest BCUT2D eigenvalue weighted by Crippen LogP contribution is 2.22. The van der Waals surface area contributed by atoms with Crippen LogP contribution in [0.2, 0.25) is 0 Å². The molecule has 5 nitrogen and oxygen atoms in total. The first-order chi connectivity index (χ1) is 8.65. The lowest BCUT2D eigenvalue weighted by atomic mass is 10.4. The van der Waals surface area contributed by atoms with Gasteiger partial charge in [0.15, 0.2) is 5.65 Å². The molecule has 0 aromatic carbocycles. The second kappa shape index (κ2) is 4.33. The Labute approximate surface area is 116 Å². The van der Waals surface area contributed by atoms with Gasteiger partial charge in [0.05, 0.1) is 17.7 Å². The van der Waals surface area contributed by atoms with Gasteiger partial charge in [0.2, 0.25) is 5.95 Å². The molecule has 3 heterocycles. The van der Waals surface area contributed by atoms with Crippen LogP contribution in [0.3, 0.4) is 0 Å². The fourth-order valence-electron chi connectivity index (χ4n) is 1.78. The number of fused-ring (bicyclic) bond motifs is 1. The first-order valence-electron chi connectivity index (χ1n) is 5.31. The molecule has 0 bridgehead atoms. The number of rotatable bonds is 2. The lowest BCUT2D eigenvalue weighted by molar-refractivity contribution is 0.832. The molecule has 0 atom stereocenters. The Morgan fingerprint density at radius 3 is 3.00 bits per heavy atom. The first-order valence-corrected chi connectivity index (χ1v) is 6.98. The standard InChI is InChI=1S/C11H10BrN5S/c1-6-9(18-5-15-6)4-17-10-8(16-11(17)13)2-7(12)3-14-10/h2-3,5H,4H2,1H3,(H2,13,16). The van der Waals surface area contributed by atoms with Gasteiger partial charge in [0.25, 0.3) is 0 Å². The van der Waals surface area contributed by atoms with Gasteiger partial charge >= 0.3 is 0 Å². The van der Waals surface area contributed by atoms with E-state index in [9.17, 15) is 0 Å². The highest BCUT2D eigenvalue weighted by atomic mass is 79.9. The van der Waals surface area contributed by atoms with Crippen molar-refractivity contribution < 1.29 is 0 Å². The van der Waals surface area contributed by atoms with Gasteiger partial charge in [-0.2, -0.15) is 0 Å². The van der Waals surface area contributed by atoms with Gasteiger partial charge in [-0.25, -0.2) is 15.0 Å². The van der Waals surface area contributed by atoms with Crippen LogP contribution in [-0.4, -0.2) is 19.5 Å². The number of thiazole rings is 1. The maximum Gasteiger partial charge on any atom is 0.202 e. The summed E-state index contributed by atoms with van der Waals surface area (Å²) in [4.78, 5) is 14.1. The molecule has 2 N–H and O–H groups in total. The fraction of sp³-hybridized carbons (Fsp3) is 0.182. The Balaban J connectivity index is 2.11. The number of hydrogen-bond acceptors (Lipinski definition) is 5. The Morgan fingerprint density at radius 1 is 1.44 bits per heavy atom. The van der Waals surface area contributed by atoms with E-state index in [0.29, 0.717) is 12.5 Å². The molecular formula is C11H10BrN5S. The van der Waals surface area contributed by atoms with Crippen LogP contribution < -0.4 is 5.73 Å². The monoisotopic (exact) mass is 323 g/mol. The maximum atomic E-state index is 5.95. The van der Waals surface area contributed by atoms with Crippen LogP contribution >= 0.6 is 27.3 Å². The van der Waals surface area contributed by atoms with Gasteiger partial charge in [-0.05, 0) is 28.9 Å². The van der Waals surface area contributed by atoms with E-state index >= 15 is 0 Å². The van der Waals surface area contributed by atoms with Crippen molar-refractivity contribution in [2.75, 3.05) is 5.73 Å². The zero-order valence-corrected chi connectivity index (χ0v) is 12.0. The Bertz CT molecular complexity index is 717. The van der Waals surface area contributed by atoms with Crippen molar-refractivity contribution >= 4 is 44.4 Å². The summed E-state index contributed by atoms with van der Waals surface area (Å²) in [7, 11) is 0. The van der Waals surface area contributed by atoms with E-state index in [4.69, 9.17) is 5.73 Å². The third kappa shape index (κ3) is 1.89. The van der Waals surface area contributed by atoms with Gasteiger partial charge in [-0.1, -0.05) is 0 Å². The summed E-state index contributed by atoms with van der Waals surface area (Å²) in [5.41, 5.74) is 10.4. The van der Waals surface area contributed by atoms with Crippen molar-refractivity contribution in [2.45, 2.75) is 13.5 Å². The van der Waals surface area contributed by atoms with E-state index in [1.54, 1.807) is 17.5 Å². The predicted octanol–water partition coefficient (Wildman–Crippen LogP) is 2.59. The summed E-state index contributed by atoms with van der Waals surface area (Å²) in [6.45, 7) is 2.65. The molecule has 0 unspecified atom stereocenters. The zero-order chi connectivity index (χ0) is 12.7. The number of nitrogen functional groups attached to an aromatic ring is 1. The molecule has 0 aliphatic rings. The fourth-order valence-corrected chi connectivity index (χ4v) is 2.87. The molecule has 3 aromatic heterocycles. The average Bonchev–Trinajstić information content (AvgIpc) is 2.85. The van der Waals surface area contributed by atoms with E-state index in [2.05, 4.69) is 30.9 Å². The largest absolute Gasteiger partial charge is 0.369 e. The van der Waals surface area contributed by atoms with Crippen LogP contribution in [0, 0.1) is 6.92 Å². The molecule has 0 amide bonds. The van der Waals surface area contributed by atoms with Crippen LogP contribution in [0.15, 0.2) is 22.2 Å². The van der Waals surface area contributed by atoms with E-state index in [1.807, 2.05) is 23.1 Å². The number of halogens is 1. The number of aromatic nitrogens is 4. The number of nitrogens with two attached hydrogens (primary N) is 1. The molecule has 0 aliphatic heterocycles. The van der Waals surface area contributed by atoms with Gasteiger partial charge in [-0.15, -0.1) is 11.3 Å². The van der Waals surface area contributed by atoms with Crippen molar-refractivity contribution in [1.82, 2.24) is 19.5 Å². The molecule has 3 aromatic rings. The second-order valence-corrected chi connectivity index (χ2v) is 5.77. The lowest BCUT2D eigenvalue weighted by Gasteiger charge is -2.04. The number of anilines is 1. The normalized spacial score (nSPS) is 11.2. The molecule has 7 heteroatoms. The smallest absolute Gasteiger partial charge is 0.202 e. The molecule has 0 aliphatic carbocycles. The SMILES string of the molecule is Cc1ncsc1Cn1c(N)nc2cc(Br)cnc21. The second-order valence-electron chi connectivity index (χ2n) is 3.91. The molecule has 92 valence electrons. The van der Waals surface area contributed by atoms with Crippen molar-refractivity contribution in [3.05, 3.63) is 32.8 Å². The van der Waals surface area contributed by atoms with Crippen LogP contribution in [-0.2, 0) is 6.54 Å². The van der Waals surface area contributed by atoms with E-state index in [-0.39, 0.29) is 0 Å². The number of imidazole rings is 1. The summed E-state index contributed by atoms with van der Waals surface area (Å²) < 4.78 is 2.80. The molecule has 3 rings (SSSR count). The van der Waals surface area contributed by atoms with Crippen LogP contribution in [0.4, 0.5) is 5.95 Å².